The fourth-order valence-electron chi connectivity index (χ4n) is 2.22. The van der Waals surface area contributed by atoms with Gasteiger partial charge >= 0.3 is 17.9 Å². The van der Waals surface area contributed by atoms with Crippen LogP contribution < -0.4 is 5.32 Å². The van der Waals surface area contributed by atoms with Crippen molar-refractivity contribution in [2.75, 3.05) is 14.2 Å². The number of carbonyl (C=O) groups excluding carboxylic acids is 3. The number of methoxy groups -OCH3 is 2. The van der Waals surface area contributed by atoms with Gasteiger partial charge in [-0.1, -0.05) is 6.92 Å². The third-order valence-corrected chi connectivity index (χ3v) is 3.62. The molecular weight excluding hydrogens is 337 g/mol. The number of amides is 1. The molecule has 1 amide bonds. The topological polar surface area (TPSA) is 119 Å². The first-order valence-corrected chi connectivity index (χ1v) is 7.17. The Bertz CT molecular complexity index is 643. The van der Waals surface area contributed by atoms with Gasteiger partial charge in [0.2, 0.25) is 0 Å². The Morgan fingerprint density at radius 3 is 1.92 bits per heavy atom. The molecule has 0 spiro atoms. The van der Waals surface area contributed by atoms with Gasteiger partial charge in [0, 0.05) is 11.5 Å². The first-order valence-electron chi connectivity index (χ1n) is 7.17. The third kappa shape index (κ3) is 5.00. The van der Waals surface area contributed by atoms with E-state index < -0.39 is 47.5 Å². The lowest BCUT2D eigenvalue weighted by molar-refractivity contribution is -0.162. The predicted octanol–water partition coefficient (Wildman–Crippen LogP) is 0.607. The van der Waals surface area contributed by atoms with Gasteiger partial charge in [-0.25, -0.2) is 9.18 Å². The molecule has 1 aromatic rings. The van der Waals surface area contributed by atoms with Gasteiger partial charge in [0.15, 0.2) is 5.92 Å². The largest absolute Gasteiger partial charge is 0.480 e. The van der Waals surface area contributed by atoms with Gasteiger partial charge in [0.1, 0.15) is 11.9 Å². The molecule has 0 aliphatic heterocycles. The zero-order valence-corrected chi connectivity index (χ0v) is 13.8. The van der Waals surface area contributed by atoms with Crippen molar-refractivity contribution in [1.29, 1.82) is 0 Å². The van der Waals surface area contributed by atoms with Crippen LogP contribution in [0.4, 0.5) is 4.39 Å². The van der Waals surface area contributed by atoms with Crippen LogP contribution >= 0.6 is 0 Å². The van der Waals surface area contributed by atoms with Crippen molar-refractivity contribution in [3.05, 3.63) is 35.6 Å². The van der Waals surface area contributed by atoms with Crippen LogP contribution in [0.3, 0.4) is 0 Å². The summed E-state index contributed by atoms with van der Waals surface area (Å²) in [6.45, 7) is 1.29. The molecule has 1 rings (SSSR count). The van der Waals surface area contributed by atoms with Crippen LogP contribution in [0.25, 0.3) is 0 Å². The number of esters is 2. The van der Waals surface area contributed by atoms with E-state index in [0.29, 0.717) is 0 Å². The number of carboxylic acids is 1. The fourth-order valence-corrected chi connectivity index (χ4v) is 2.22. The SMILES string of the molecule is COC(=O)C(C(=O)OC)[C@@H](C)[C@H](NC(=O)c1ccc(F)cc1)C(=O)O. The van der Waals surface area contributed by atoms with E-state index in [2.05, 4.69) is 14.8 Å². The van der Waals surface area contributed by atoms with Crippen LogP contribution in [0, 0.1) is 17.7 Å². The first-order chi connectivity index (χ1) is 11.7. The highest BCUT2D eigenvalue weighted by Gasteiger charge is 2.42. The molecular formula is C16H18FNO7. The van der Waals surface area contributed by atoms with Gasteiger partial charge in [-0.3, -0.25) is 14.4 Å². The van der Waals surface area contributed by atoms with Crippen LogP contribution in [0.15, 0.2) is 24.3 Å². The third-order valence-electron chi connectivity index (χ3n) is 3.62. The number of hydrogen-bond donors (Lipinski definition) is 2. The molecule has 8 nitrogen and oxygen atoms in total. The Kier molecular flexibility index (Phi) is 7.04. The second-order valence-electron chi connectivity index (χ2n) is 5.18. The molecule has 0 fully saturated rings. The Labute approximate surface area is 142 Å². The summed E-state index contributed by atoms with van der Waals surface area (Å²) in [5, 5.41) is 11.6. The van der Waals surface area contributed by atoms with Crippen molar-refractivity contribution in [2.24, 2.45) is 11.8 Å². The monoisotopic (exact) mass is 355 g/mol. The van der Waals surface area contributed by atoms with Crippen molar-refractivity contribution < 1.29 is 38.1 Å². The molecule has 0 aliphatic rings. The Balaban J connectivity index is 3.06. The van der Waals surface area contributed by atoms with Crippen molar-refractivity contribution in [3.63, 3.8) is 0 Å². The second kappa shape index (κ2) is 8.76. The van der Waals surface area contributed by atoms with E-state index in [0.717, 1.165) is 26.4 Å². The maximum Gasteiger partial charge on any atom is 0.326 e. The van der Waals surface area contributed by atoms with E-state index >= 15 is 0 Å². The summed E-state index contributed by atoms with van der Waals surface area (Å²) in [6, 6.07) is 2.85. The van der Waals surface area contributed by atoms with E-state index in [4.69, 9.17) is 0 Å². The average Bonchev–Trinajstić information content (AvgIpc) is 2.59. The van der Waals surface area contributed by atoms with E-state index in [1.807, 2.05) is 0 Å². The highest BCUT2D eigenvalue weighted by Crippen LogP contribution is 2.20. The molecule has 2 atom stereocenters. The number of nitrogens with one attached hydrogen (secondary N) is 1. The summed E-state index contributed by atoms with van der Waals surface area (Å²) in [6.07, 6.45) is 0. The minimum atomic E-state index is -1.58. The Morgan fingerprint density at radius 2 is 1.52 bits per heavy atom. The van der Waals surface area contributed by atoms with Gasteiger partial charge in [0.05, 0.1) is 14.2 Å². The number of hydrogen-bond acceptors (Lipinski definition) is 6. The van der Waals surface area contributed by atoms with Crippen LogP contribution in [0.5, 0.6) is 0 Å². The van der Waals surface area contributed by atoms with E-state index in [1.54, 1.807) is 0 Å². The quantitative estimate of drug-likeness (QED) is 0.543. The molecule has 2 N–H and O–H groups in total. The number of halogens is 1. The number of aliphatic carboxylic acids is 1. The summed E-state index contributed by atoms with van der Waals surface area (Å²) in [5.74, 6) is -7.49. The first kappa shape index (κ1) is 20.1. The van der Waals surface area contributed by atoms with Gasteiger partial charge < -0.3 is 19.9 Å². The smallest absolute Gasteiger partial charge is 0.326 e. The maximum absolute atomic E-state index is 12.9. The van der Waals surface area contributed by atoms with E-state index in [1.165, 1.54) is 19.1 Å². The maximum atomic E-state index is 12.9. The molecule has 136 valence electrons. The van der Waals surface area contributed by atoms with Gasteiger partial charge in [-0.05, 0) is 24.3 Å². The number of carboxylic acid groups (broad SMARTS) is 1. The summed E-state index contributed by atoms with van der Waals surface area (Å²) < 4.78 is 21.9. The molecule has 0 heterocycles. The van der Waals surface area contributed by atoms with Crippen LogP contribution in [0.2, 0.25) is 0 Å². The minimum absolute atomic E-state index is 0.0209. The van der Waals surface area contributed by atoms with Crippen molar-refractivity contribution in [2.45, 2.75) is 13.0 Å². The van der Waals surface area contributed by atoms with Crippen molar-refractivity contribution in [1.82, 2.24) is 5.32 Å². The van der Waals surface area contributed by atoms with Gasteiger partial charge in [0.25, 0.3) is 5.91 Å². The van der Waals surface area contributed by atoms with Crippen LogP contribution in [-0.4, -0.2) is 49.2 Å². The van der Waals surface area contributed by atoms with Gasteiger partial charge in [-0.2, -0.15) is 0 Å². The molecule has 1 aromatic carbocycles. The van der Waals surface area contributed by atoms with Crippen molar-refractivity contribution >= 4 is 23.8 Å². The van der Waals surface area contributed by atoms with Gasteiger partial charge in [-0.15, -0.1) is 0 Å². The lowest BCUT2D eigenvalue weighted by Crippen LogP contribution is -2.50. The van der Waals surface area contributed by atoms with Crippen molar-refractivity contribution in [3.8, 4) is 0 Å². The predicted molar refractivity (Wildman–Crippen MR) is 82.0 cm³/mol. The summed E-state index contributed by atoms with van der Waals surface area (Å²) in [4.78, 5) is 47.3. The second-order valence-corrected chi connectivity index (χ2v) is 5.18. The Morgan fingerprint density at radius 1 is 1.04 bits per heavy atom. The van der Waals surface area contributed by atoms with E-state index in [-0.39, 0.29) is 5.56 Å². The zero-order chi connectivity index (χ0) is 19.1. The molecule has 0 aliphatic carbocycles. The molecule has 0 radical (unpaired) electrons. The molecule has 0 unspecified atom stereocenters. The van der Waals surface area contributed by atoms with Crippen LogP contribution in [0.1, 0.15) is 17.3 Å². The highest BCUT2D eigenvalue weighted by molar-refractivity contribution is 5.98. The van der Waals surface area contributed by atoms with Crippen LogP contribution in [-0.2, 0) is 23.9 Å². The zero-order valence-electron chi connectivity index (χ0n) is 13.8. The lowest BCUT2D eigenvalue weighted by Gasteiger charge is -2.26. The standard InChI is InChI=1S/C16H18FNO7/c1-8(11(15(22)24-2)16(23)25-3)12(14(20)21)18-13(19)9-4-6-10(17)7-5-9/h4-8,11-12H,1-3H3,(H,18,19)(H,20,21)/t8-,12+/m1/s1. The summed E-state index contributed by atoms with van der Waals surface area (Å²) in [7, 11) is 2.08. The molecule has 25 heavy (non-hydrogen) atoms. The summed E-state index contributed by atoms with van der Waals surface area (Å²) in [5.41, 5.74) is 0.0209. The van der Waals surface area contributed by atoms with E-state index in [9.17, 15) is 28.7 Å². The minimum Gasteiger partial charge on any atom is -0.480 e. The molecule has 0 bridgehead atoms. The number of rotatable bonds is 7. The fraction of sp³-hybridized carbons (Fsp3) is 0.375. The Hall–Kier alpha value is -2.97. The molecule has 0 aromatic heterocycles. The molecule has 0 saturated heterocycles. The normalized spacial score (nSPS) is 12.8. The number of carbonyl (C=O) groups is 4. The summed E-state index contributed by atoms with van der Waals surface area (Å²) >= 11 is 0. The average molecular weight is 355 g/mol. The number of benzene rings is 1. The molecule has 9 heteroatoms. The highest BCUT2D eigenvalue weighted by atomic mass is 19.1. The lowest BCUT2D eigenvalue weighted by atomic mass is 9.87. The number of ether oxygens (including phenoxy) is 2. The molecule has 0 saturated carbocycles.